The van der Waals surface area contributed by atoms with E-state index in [2.05, 4.69) is 15.6 Å². The largest absolute Gasteiger partial charge is 0.492 e. The van der Waals surface area contributed by atoms with Gasteiger partial charge >= 0.3 is 6.03 Å². The van der Waals surface area contributed by atoms with E-state index in [1.807, 2.05) is 36.4 Å². The van der Waals surface area contributed by atoms with Crippen LogP contribution in [-0.4, -0.2) is 83.6 Å². The average molecular weight is 592 g/mol. The molecule has 2 saturated heterocycles. The molecule has 2 aromatic carbocycles. The first-order valence-electron chi connectivity index (χ1n) is 14.0. The van der Waals surface area contributed by atoms with Gasteiger partial charge in [-0.3, -0.25) is 9.78 Å². The normalized spacial score (nSPS) is 23.5. The third kappa shape index (κ3) is 5.57. The van der Waals surface area contributed by atoms with Gasteiger partial charge in [-0.15, -0.1) is 0 Å². The fourth-order valence-electron chi connectivity index (χ4n) is 5.96. The molecule has 42 heavy (non-hydrogen) atoms. The minimum absolute atomic E-state index is 0.00327. The van der Waals surface area contributed by atoms with Crippen molar-refractivity contribution in [1.82, 2.24) is 19.5 Å². The number of anilines is 1. The van der Waals surface area contributed by atoms with Gasteiger partial charge < -0.3 is 25.4 Å². The molecule has 2 atom stereocenters. The number of hydrogen-bond acceptors (Lipinski definition) is 7. The lowest BCUT2D eigenvalue weighted by Gasteiger charge is -2.43. The number of ether oxygens (including phenoxy) is 1. The second-order valence-electron chi connectivity index (χ2n) is 11.0. The summed E-state index contributed by atoms with van der Waals surface area (Å²) in [6.45, 7) is 0.763. The number of nitrogens with zero attached hydrogens (tertiary/aromatic N) is 3. The molecule has 3 N–H and O–H groups in total. The summed E-state index contributed by atoms with van der Waals surface area (Å²) in [4.78, 5) is 32.4. The molecule has 0 unspecified atom stereocenters. The summed E-state index contributed by atoms with van der Waals surface area (Å²) < 4.78 is 35.1. The lowest BCUT2D eigenvalue weighted by atomic mass is 9.84. The summed E-state index contributed by atoms with van der Waals surface area (Å²) in [5.41, 5.74) is 1.53. The van der Waals surface area contributed by atoms with Crippen LogP contribution in [0.25, 0.3) is 11.1 Å². The van der Waals surface area contributed by atoms with Gasteiger partial charge in [0.2, 0.25) is 15.9 Å². The Morgan fingerprint density at radius 1 is 1.05 bits per heavy atom. The maximum absolute atomic E-state index is 13.9. The molecule has 2 fully saturated rings. The Balaban J connectivity index is 1.28. The number of urea groups is 1. The Morgan fingerprint density at radius 3 is 2.57 bits per heavy atom. The van der Waals surface area contributed by atoms with Crippen LogP contribution in [0, 0.1) is 0 Å². The van der Waals surface area contributed by atoms with Gasteiger partial charge in [-0.05, 0) is 48.7 Å². The Kier molecular flexibility index (Phi) is 7.60. The van der Waals surface area contributed by atoms with Crippen molar-refractivity contribution in [2.24, 2.45) is 0 Å². The highest BCUT2D eigenvalue weighted by Crippen LogP contribution is 2.37. The molecule has 3 amide bonds. The molecule has 11 nitrogen and oxygen atoms in total. The standard InChI is InChI=1S/C30H33N5O6S/c36-24-18-25-28(37)33-30(10-14-34(15-11-30)29(38)32-23-6-2-1-3-7-23)12-16-41-26-17-21(22-5-4-13-31-19-22)8-9-27(26)42(39,40)35(25)20-24/h1-9,13,17,19,24-25,36H,10-12,14-16,18,20H2,(H,32,38)(H,33,37)/t24-,25+/m1/s1. The van der Waals surface area contributed by atoms with Crippen molar-refractivity contribution in [3.05, 3.63) is 73.1 Å². The van der Waals surface area contributed by atoms with Crippen molar-refractivity contribution in [2.45, 2.75) is 48.3 Å². The number of hydrogen-bond donors (Lipinski definition) is 3. The predicted molar refractivity (Wildman–Crippen MR) is 155 cm³/mol. The van der Waals surface area contributed by atoms with Gasteiger partial charge in [0.05, 0.1) is 12.7 Å². The van der Waals surface area contributed by atoms with Crippen LogP contribution in [0.2, 0.25) is 0 Å². The molecule has 6 rings (SSSR count). The number of fused-ring (bicyclic) bond motifs is 2. The number of pyridine rings is 1. The van der Waals surface area contributed by atoms with E-state index in [1.165, 1.54) is 6.07 Å². The van der Waals surface area contributed by atoms with Gasteiger partial charge in [-0.25, -0.2) is 13.2 Å². The number of aromatic nitrogens is 1. The number of aliphatic hydroxyl groups excluding tert-OH is 1. The number of nitrogens with one attached hydrogen (secondary N) is 2. The van der Waals surface area contributed by atoms with E-state index < -0.39 is 33.6 Å². The van der Waals surface area contributed by atoms with Crippen molar-refractivity contribution in [3.8, 4) is 16.9 Å². The summed E-state index contributed by atoms with van der Waals surface area (Å²) in [6.07, 6.45) is 3.72. The van der Waals surface area contributed by atoms with Crippen LogP contribution in [0.5, 0.6) is 5.75 Å². The second-order valence-corrected chi connectivity index (χ2v) is 12.9. The van der Waals surface area contributed by atoms with Crippen LogP contribution in [0.3, 0.4) is 0 Å². The number of carbonyl (C=O) groups is 2. The number of sulfonamides is 1. The van der Waals surface area contributed by atoms with E-state index in [0.717, 1.165) is 15.4 Å². The highest BCUT2D eigenvalue weighted by Gasteiger charge is 2.47. The molecule has 3 aromatic rings. The number of benzene rings is 2. The zero-order valence-electron chi connectivity index (χ0n) is 23.0. The number of rotatable bonds is 2. The summed E-state index contributed by atoms with van der Waals surface area (Å²) in [6, 6.07) is 16.5. The van der Waals surface area contributed by atoms with E-state index in [0.29, 0.717) is 38.0 Å². The van der Waals surface area contributed by atoms with Crippen LogP contribution in [0.1, 0.15) is 25.7 Å². The maximum Gasteiger partial charge on any atom is 0.321 e. The van der Waals surface area contributed by atoms with Gasteiger partial charge in [-0.1, -0.05) is 30.3 Å². The number of aliphatic hydroxyl groups is 1. The smallest absolute Gasteiger partial charge is 0.321 e. The molecule has 1 spiro atoms. The predicted octanol–water partition coefficient (Wildman–Crippen LogP) is 2.84. The number of para-hydroxylation sites is 1. The van der Waals surface area contributed by atoms with Crippen LogP contribution >= 0.6 is 0 Å². The highest BCUT2D eigenvalue weighted by molar-refractivity contribution is 7.89. The van der Waals surface area contributed by atoms with Gasteiger partial charge in [0.25, 0.3) is 0 Å². The molecular weight excluding hydrogens is 558 g/mol. The zero-order chi connectivity index (χ0) is 29.3. The lowest BCUT2D eigenvalue weighted by Crippen LogP contribution is -2.60. The second kappa shape index (κ2) is 11.3. The number of likely N-dealkylation sites (tertiary alicyclic amines) is 1. The first-order chi connectivity index (χ1) is 20.2. The van der Waals surface area contributed by atoms with E-state index in [-0.39, 0.29) is 36.2 Å². The van der Waals surface area contributed by atoms with E-state index in [1.54, 1.807) is 35.5 Å². The first kappa shape index (κ1) is 28.1. The minimum Gasteiger partial charge on any atom is -0.492 e. The summed E-state index contributed by atoms with van der Waals surface area (Å²) >= 11 is 0. The first-order valence-corrected chi connectivity index (χ1v) is 15.5. The highest BCUT2D eigenvalue weighted by atomic mass is 32.2. The fraction of sp³-hybridized carbons (Fsp3) is 0.367. The van der Waals surface area contributed by atoms with Gasteiger partial charge in [0.1, 0.15) is 16.7 Å². The molecule has 0 radical (unpaired) electrons. The quantitative estimate of drug-likeness (QED) is 0.416. The number of carbonyl (C=O) groups excluding carboxylic acids is 2. The van der Waals surface area contributed by atoms with Crippen LogP contribution < -0.4 is 15.4 Å². The maximum atomic E-state index is 13.9. The molecular formula is C30H33N5O6S. The van der Waals surface area contributed by atoms with Crippen molar-refractivity contribution in [2.75, 3.05) is 31.6 Å². The monoisotopic (exact) mass is 591 g/mol. The summed E-state index contributed by atoms with van der Waals surface area (Å²) in [5, 5.41) is 16.5. The van der Waals surface area contributed by atoms with Gasteiger partial charge in [-0.2, -0.15) is 4.31 Å². The Bertz CT molecular complexity index is 1560. The SMILES string of the molecule is O=C1NC2(CCOc3cc(-c4cccnc4)ccc3S(=O)(=O)N3C[C@H](O)C[C@@H]13)CCN(C(=O)Nc1ccccc1)CC2. The van der Waals surface area contributed by atoms with Crippen molar-refractivity contribution < 1.29 is 27.9 Å². The molecule has 3 aliphatic heterocycles. The topological polar surface area (TPSA) is 141 Å². The fourth-order valence-corrected chi connectivity index (χ4v) is 7.71. The van der Waals surface area contributed by atoms with Gasteiger partial charge in [0.15, 0.2) is 0 Å². The molecule has 12 heteroatoms. The summed E-state index contributed by atoms with van der Waals surface area (Å²) in [5.74, 6) is -0.270. The molecule has 3 aliphatic rings. The zero-order valence-corrected chi connectivity index (χ0v) is 23.8. The van der Waals surface area contributed by atoms with Crippen molar-refractivity contribution in [1.29, 1.82) is 0 Å². The van der Waals surface area contributed by atoms with Crippen molar-refractivity contribution in [3.63, 3.8) is 0 Å². The van der Waals surface area contributed by atoms with Crippen LogP contribution in [0.15, 0.2) is 78.0 Å². The summed E-state index contributed by atoms with van der Waals surface area (Å²) in [7, 11) is -4.18. The third-order valence-electron chi connectivity index (χ3n) is 8.32. The Labute approximate surface area is 244 Å². The third-order valence-corrected chi connectivity index (χ3v) is 10.2. The van der Waals surface area contributed by atoms with Crippen LogP contribution in [0.4, 0.5) is 10.5 Å². The van der Waals surface area contributed by atoms with Crippen LogP contribution in [-0.2, 0) is 14.8 Å². The Morgan fingerprint density at radius 2 is 1.83 bits per heavy atom. The van der Waals surface area contributed by atoms with Crippen molar-refractivity contribution >= 4 is 27.6 Å². The Hall–Kier alpha value is -4.00. The van der Waals surface area contributed by atoms with E-state index >= 15 is 0 Å². The number of piperidine rings is 1. The number of amides is 3. The van der Waals surface area contributed by atoms with E-state index in [4.69, 9.17) is 4.74 Å². The molecule has 0 bridgehead atoms. The van der Waals surface area contributed by atoms with E-state index in [9.17, 15) is 23.1 Å². The molecule has 0 saturated carbocycles. The lowest BCUT2D eigenvalue weighted by molar-refractivity contribution is -0.127. The minimum atomic E-state index is -4.18. The molecule has 0 aliphatic carbocycles. The average Bonchev–Trinajstić information content (AvgIpc) is 3.40. The molecule has 4 heterocycles. The molecule has 1 aromatic heterocycles. The molecule has 220 valence electrons. The van der Waals surface area contributed by atoms with Gasteiger partial charge in [0, 0.05) is 61.7 Å².